The topological polar surface area (TPSA) is 136 Å². The lowest BCUT2D eigenvalue weighted by Crippen LogP contribution is -2.48. The minimum absolute atomic E-state index is 0.182. The van der Waals surface area contributed by atoms with Crippen LogP contribution in [0.25, 0.3) is 20.8 Å². The molecule has 3 heterocycles. The highest BCUT2D eigenvalue weighted by Crippen LogP contribution is 2.41. The van der Waals surface area contributed by atoms with Crippen LogP contribution in [-0.2, 0) is 0 Å². The predicted molar refractivity (Wildman–Crippen MR) is 137 cm³/mol. The van der Waals surface area contributed by atoms with Crippen molar-refractivity contribution in [2.75, 3.05) is 23.8 Å². The van der Waals surface area contributed by atoms with Gasteiger partial charge in [-0.05, 0) is 45.1 Å². The number of aliphatic hydroxyl groups excluding tert-OH is 2. The molecule has 2 aliphatic carbocycles. The highest BCUT2D eigenvalue weighted by Gasteiger charge is 2.47. The van der Waals surface area contributed by atoms with Crippen molar-refractivity contribution in [2.24, 2.45) is 11.8 Å². The summed E-state index contributed by atoms with van der Waals surface area (Å²) in [5, 5.41) is 38.8. The third-order valence-electron chi connectivity index (χ3n) is 7.51. The van der Waals surface area contributed by atoms with Gasteiger partial charge >= 0.3 is 0 Å². The highest BCUT2D eigenvalue weighted by molar-refractivity contribution is 7.21. The first-order chi connectivity index (χ1) is 16.9. The molecular weight excluding hydrogens is 464 g/mol. The lowest BCUT2D eigenvalue weighted by Gasteiger charge is -2.31. The molecular formula is C25H34N6O3S. The van der Waals surface area contributed by atoms with Gasteiger partial charge in [-0.2, -0.15) is 4.98 Å². The molecule has 3 aromatic rings. The van der Waals surface area contributed by atoms with Gasteiger partial charge in [0, 0.05) is 25.3 Å². The Hall–Kier alpha value is -2.40. The van der Waals surface area contributed by atoms with E-state index < -0.39 is 11.8 Å². The molecule has 35 heavy (non-hydrogen) atoms. The number of nitrogens with zero attached hydrogens (tertiary/aromatic N) is 4. The number of thiazole rings is 1. The molecule has 3 atom stereocenters. The number of fused-ring (bicyclic) bond motifs is 1. The molecule has 3 aromatic heterocycles. The molecule has 9 nitrogen and oxygen atoms in total. The number of rotatable bonds is 8. The fourth-order valence-electron chi connectivity index (χ4n) is 5.41. The number of hydrogen-bond donors (Lipinski definition) is 5. The average Bonchev–Trinajstić information content (AvgIpc) is 3.55. The van der Waals surface area contributed by atoms with Crippen LogP contribution >= 0.6 is 11.3 Å². The van der Waals surface area contributed by atoms with E-state index in [9.17, 15) is 15.3 Å². The SMILES string of the molecule is Cc1nc(NCCC2CCCC2)nc(NC2(O)CCC(CO)C2O)c1-c1nc2c(C)nccc2s1. The van der Waals surface area contributed by atoms with Gasteiger partial charge < -0.3 is 26.0 Å². The van der Waals surface area contributed by atoms with Gasteiger partial charge in [-0.1, -0.05) is 25.7 Å². The van der Waals surface area contributed by atoms with Crippen LogP contribution in [0.4, 0.5) is 11.8 Å². The Labute approximate surface area is 209 Å². The molecule has 0 aliphatic heterocycles. The van der Waals surface area contributed by atoms with Crippen molar-refractivity contribution in [1.82, 2.24) is 19.9 Å². The van der Waals surface area contributed by atoms with Crippen molar-refractivity contribution in [3.8, 4) is 10.6 Å². The van der Waals surface area contributed by atoms with Crippen LogP contribution in [0.3, 0.4) is 0 Å². The van der Waals surface area contributed by atoms with E-state index in [1.165, 1.54) is 37.0 Å². The van der Waals surface area contributed by atoms with Crippen molar-refractivity contribution >= 4 is 33.3 Å². The zero-order valence-electron chi connectivity index (χ0n) is 20.3. The lowest BCUT2D eigenvalue weighted by molar-refractivity contribution is -0.0545. The fourth-order valence-corrected chi connectivity index (χ4v) is 6.52. The summed E-state index contributed by atoms with van der Waals surface area (Å²) in [4.78, 5) is 18.6. The number of hydrogen-bond acceptors (Lipinski definition) is 10. The molecule has 10 heteroatoms. The smallest absolute Gasteiger partial charge is 0.224 e. The highest BCUT2D eigenvalue weighted by atomic mass is 32.1. The quantitative estimate of drug-likeness (QED) is 0.295. The Kier molecular flexibility index (Phi) is 6.89. The minimum atomic E-state index is -1.60. The zero-order valence-corrected chi connectivity index (χ0v) is 21.1. The summed E-state index contributed by atoms with van der Waals surface area (Å²) in [5.41, 5.74) is 1.50. The van der Waals surface area contributed by atoms with Gasteiger partial charge in [-0.15, -0.1) is 11.3 Å². The fraction of sp³-hybridized carbons (Fsp3) is 0.600. The molecule has 3 unspecified atom stereocenters. The normalized spacial score (nSPS) is 24.9. The molecule has 2 saturated carbocycles. The van der Waals surface area contributed by atoms with E-state index in [4.69, 9.17) is 15.0 Å². The average molecular weight is 499 g/mol. The summed E-state index contributed by atoms with van der Waals surface area (Å²) in [6.07, 6.45) is 7.76. The summed E-state index contributed by atoms with van der Waals surface area (Å²) >= 11 is 1.52. The molecule has 2 aliphatic rings. The number of pyridine rings is 1. The predicted octanol–water partition coefficient (Wildman–Crippen LogP) is 3.62. The summed E-state index contributed by atoms with van der Waals surface area (Å²) in [7, 11) is 0. The Morgan fingerprint density at radius 1 is 1.11 bits per heavy atom. The number of aromatic nitrogens is 4. The molecule has 0 aromatic carbocycles. The Balaban J connectivity index is 1.49. The molecule has 2 fully saturated rings. The van der Waals surface area contributed by atoms with Gasteiger partial charge in [0.15, 0.2) is 5.72 Å². The summed E-state index contributed by atoms with van der Waals surface area (Å²) in [5.74, 6) is 1.27. The van der Waals surface area contributed by atoms with Gasteiger partial charge in [-0.3, -0.25) is 4.98 Å². The standard InChI is InChI=1S/C25H34N6O3S/c1-14-19(23-29-20-15(2)26-12-9-18(20)35-23)22(31-25(34)10-7-17(13-32)21(25)33)30-24(28-14)27-11-8-16-5-3-4-6-16/h9,12,16-17,21,32-34H,3-8,10-11,13H2,1-2H3,(H2,27,28,30,31). The van der Waals surface area contributed by atoms with E-state index >= 15 is 0 Å². The number of aliphatic hydroxyl groups is 3. The van der Waals surface area contributed by atoms with Crippen molar-refractivity contribution < 1.29 is 15.3 Å². The van der Waals surface area contributed by atoms with Crippen LogP contribution in [0.15, 0.2) is 12.3 Å². The second-order valence-electron chi connectivity index (χ2n) is 9.96. The van der Waals surface area contributed by atoms with Crippen molar-refractivity contribution in [2.45, 2.75) is 70.6 Å². The van der Waals surface area contributed by atoms with Gasteiger partial charge in [-0.25, -0.2) is 9.97 Å². The van der Waals surface area contributed by atoms with E-state index in [2.05, 4.69) is 15.6 Å². The van der Waals surface area contributed by atoms with Crippen LogP contribution in [0, 0.1) is 25.7 Å². The van der Waals surface area contributed by atoms with Crippen LogP contribution < -0.4 is 10.6 Å². The first-order valence-corrected chi connectivity index (χ1v) is 13.3. The largest absolute Gasteiger partial charge is 0.396 e. The Bertz CT molecular complexity index is 1200. The molecule has 188 valence electrons. The third-order valence-corrected chi connectivity index (χ3v) is 8.54. The van der Waals surface area contributed by atoms with Crippen LogP contribution in [0.1, 0.15) is 56.3 Å². The van der Waals surface area contributed by atoms with E-state index in [-0.39, 0.29) is 12.5 Å². The summed E-state index contributed by atoms with van der Waals surface area (Å²) in [6, 6.07) is 1.94. The zero-order chi connectivity index (χ0) is 24.6. The van der Waals surface area contributed by atoms with Crippen LogP contribution in [0.5, 0.6) is 0 Å². The Morgan fingerprint density at radius 3 is 2.63 bits per heavy atom. The molecule has 5 N–H and O–H groups in total. The van der Waals surface area contributed by atoms with Crippen molar-refractivity contribution in [1.29, 1.82) is 0 Å². The molecule has 0 saturated heterocycles. The maximum absolute atomic E-state index is 11.3. The van der Waals surface area contributed by atoms with E-state index in [1.54, 1.807) is 6.20 Å². The molecule has 0 bridgehead atoms. The van der Waals surface area contributed by atoms with Gasteiger partial charge in [0.05, 0.1) is 21.7 Å². The minimum Gasteiger partial charge on any atom is -0.396 e. The van der Waals surface area contributed by atoms with E-state index in [0.29, 0.717) is 30.2 Å². The molecule has 0 radical (unpaired) electrons. The number of aryl methyl sites for hydroxylation is 2. The second kappa shape index (κ2) is 9.93. The van der Waals surface area contributed by atoms with Gasteiger partial charge in [0.2, 0.25) is 5.95 Å². The number of nitrogens with one attached hydrogen (secondary N) is 2. The van der Waals surface area contributed by atoms with Gasteiger partial charge in [0.25, 0.3) is 0 Å². The van der Waals surface area contributed by atoms with Crippen molar-refractivity contribution in [3.05, 3.63) is 23.7 Å². The van der Waals surface area contributed by atoms with Crippen molar-refractivity contribution in [3.63, 3.8) is 0 Å². The summed E-state index contributed by atoms with van der Waals surface area (Å²) in [6.45, 7) is 4.44. The summed E-state index contributed by atoms with van der Waals surface area (Å²) < 4.78 is 1.01. The monoisotopic (exact) mass is 498 g/mol. The molecule has 0 amide bonds. The first-order valence-electron chi connectivity index (χ1n) is 12.5. The maximum Gasteiger partial charge on any atom is 0.224 e. The maximum atomic E-state index is 11.3. The van der Waals surface area contributed by atoms with E-state index in [1.807, 2.05) is 19.9 Å². The third kappa shape index (κ3) is 4.84. The van der Waals surface area contributed by atoms with Crippen LogP contribution in [-0.4, -0.2) is 60.2 Å². The Morgan fingerprint density at radius 2 is 1.91 bits per heavy atom. The lowest BCUT2D eigenvalue weighted by atomic mass is 10.0. The van der Waals surface area contributed by atoms with Crippen LogP contribution in [0.2, 0.25) is 0 Å². The second-order valence-corrected chi connectivity index (χ2v) is 11.0. The molecule has 0 spiro atoms. The van der Waals surface area contributed by atoms with Gasteiger partial charge in [0.1, 0.15) is 22.4 Å². The number of anilines is 2. The first kappa shape index (κ1) is 24.3. The van der Waals surface area contributed by atoms with E-state index in [0.717, 1.165) is 45.5 Å². The molecule has 5 rings (SSSR count).